The number of ketones is 1. The van der Waals surface area contributed by atoms with Crippen LogP contribution in [0.4, 0.5) is 0 Å². The van der Waals surface area contributed by atoms with Crippen molar-refractivity contribution in [3.63, 3.8) is 0 Å². The number of carbonyl (C=O) groups is 2. The highest BCUT2D eigenvalue weighted by Crippen LogP contribution is 1.92. The Bertz CT molecular complexity index is 90.6. The highest BCUT2D eigenvalue weighted by atomic mass is 16.6. The summed E-state index contributed by atoms with van der Waals surface area (Å²) in [6.07, 6.45) is 0. The SMILES string of the molecule is O=C1COC1=O. The first kappa shape index (κ1) is 3.33. The minimum Gasteiger partial charge on any atom is -0.451 e. The standard InChI is InChI=1S/C3H2O3/c4-2-1-6-3(2)5/h1H2. The van der Waals surface area contributed by atoms with Gasteiger partial charge in [-0.2, -0.15) is 0 Å². The molecule has 1 rings (SSSR count). The number of esters is 1. The van der Waals surface area contributed by atoms with Crippen molar-refractivity contribution < 1.29 is 14.3 Å². The van der Waals surface area contributed by atoms with Gasteiger partial charge in [0.1, 0.15) is 0 Å². The van der Waals surface area contributed by atoms with Crippen molar-refractivity contribution in [2.45, 2.75) is 0 Å². The van der Waals surface area contributed by atoms with Crippen molar-refractivity contribution in [2.24, 2.45) is 0 Å². The molecule has 1 heterocycles. The Morgan fingerprint density at radius 2 is 2.00 bits per heavy atom. The Hall–Kier alpha value is -0.860. The van der Waals surface area contributed by atoms with Gasteiger partial charge in [-0.05, 0) is 0 Å². The maximum atomic E-state index is 9.76. The van der Waals surface area contributed by atoms with E-state index in [0.29, 0.717) is 0 Å². The smallest absolute Gasteiger partial charge is 0.378 e. The Kier molecular flexibility index (Phi) is 0.445. The lowest BCUT2D eigenvalue weighted by Crippen LogP contribution is -2.34. The van der Waals surface area contributed by atoms with Gasteiger partial charge in [0.15, 0.2) is 6.61 Å². The van der Waals surface area contributed by atoms with Gasteiger partial charge in [0.25, 0.3) is 5.78 Å². The van der Waals surface area contributed by atoms with E-state index in [4.69, 9.17) is 0 Å². The minimum atomic E-state index is -0.699. The van der Waals surface area contributed by atoms with Crippen LogP contribution in [0.15, 0.2) is 0 Å². The van der Waals surface area contributed by atoms with E-state index < -0.39 is 11.8 Å². The van der Waals surface area contributed by atoms with Crippen molar-refractivity contribution in [1.29, 1.82) is 0 Å². The fourth-order valence-electron chi connectivity index (χ4n) is 0.190. The molecule has 1 aliphatic rings. The first-order valence-corrected chi connectivity index (χ1v) is 1.50. The highest BCUT2D eigenvalue weighted by Gasteiger charge is 2.26. The zero-order valence-electron chi connectivity index (χ0n) is 2.93. The Morgan fingerprint density at radius 3 is 2.00 bits per heavy atom. The quantitative estimate of drug-likeness (QED) is 0.284. The molecule has 0 spiro atoms. The third-order valence-corrected chi connectivity index (χ3v) is 0.562. The van der Waals surface area contributed by atoms with Crippen LogP contribution in [0.25, 0.3) is 0 Å². The lowest BCUT2D eigenvalue weighted by atomic mass is 10.3. The van der Waals surface area contributed by atoms with Gasteiger partial charge in [0.05, 0.1) is 0 Å². The summed E-state index contributed by atoms with van der Waals surface area (Å²) in [5.41, 5.74) is 0. The Balaban J connectivity index is 2.61. The number of hydrogen-bond donors (Lipinski definition) is 0. The maximum Gasteiger partial charge on any atom is 0.378 e. The molecule has 0 saturated carbocycles. The van der Waals surface area contributed by atoms with E-state index in [1.807, 2.05) is 0 Å². The molecule has 3 heteroatoms. The molecule has 0 atom stereocenters. The Labute approximate surface area is 33.9 Å². The number of carbonyl (C=O) groups excluding carboxylic acids is 2. The van der Waals surface area contributed by atoms with Gasteiger partial charge >= 0.3 is 5.97 Å². The van der Waals surface area contributed by atoms with Gasteiger partial charge < -0.3 is 4.74 Å². The average Bonchev–Trinajstić information content (AvgIpc) is 1.61. The summed E-state index contributed by atoms with van der Waals surface area (Å²) in [6.45, 7) is -0.0150. The minimum absolute atomic E-state index is 0.0150. The van der Waals surface area contributed by atoms with Crippen LogP contribution in [-0.4, -0.2) is 18.4 Å². The van der Waals surface area contributed by atoms with Gasteiger partial charge in [-0.1, -0.05) is 0 Å². The summed E-state index contributed by atoms with van der Waals surface area (Å²) in [7, 11) is 0. The lowest BCUT2D eigenvalue weighted by Gasteiger charge is -2.07. The highest BCUT2D eigenvalue weighted by molar-refractivity contribution is 6.39. The van der Waals surface area contributed by atoms with Crippen LogP contribution in [0, 0.1) is 0 Å². The molecular weight excluding hydrogens is 84.0 g/mol. The molecule has 1 fully saturated rings. The van der Waals surface area contributed by atoms with E-state index in [2.05, 4.69) is 4.74 Å². The van der Waals surface area contributed by atoms with Crippen LogP contribution in [0.1, 0.15) is 0 Å². The van der Waals surface area contributed by atoms with Gasteiger partial charge in [-0.15, -0.1) is 0 Å². The molecule has 32 valence electrons. The van der Waals surface area contributed by atoms with Gasteiger partial charge in [-0.3, -0.25) is 4.79 Å². The molecule has 3 nitrogen and oxygen atoms in total. The van der Waals surface area contributed by atoms with Crippen LogP contribution >= 0.6 is 0 Å². The van der Waals surface area contributed by atoms with E-state index in [1.165, 1.54) is 0 Å². The molecule has 0 N–H and O–H groups in total. The molecule has 0 aromatic heterocycles. The van der Waals surface area contributed by atoms with E-state index in [-0.39, 0.29) is 6.61 Å². The number of Topliss-reactive ketones (excluding diaryl/α,β-unsaturated/α-hetero) is 1. The van der Waals surface area contributed by atoms with Gasteiger partial charge in [0, 0.05) is 0 Å². The topological polar surface area (TPSA) is 43.4 Å². The molecule has 6 heavy (non-hydrogen) atoms. The van der Waals surface area contributed by atoms with Gasteiger partial charge in [-0.25, -0.2) is 4.79 Å². The Morgan fingerprint density at radius 1 is 1.50 bits per heavy atom. The van der Waals surface area contributed by atoms with E-state index in [0.717, 1.165) is 0 Å². The molecule has 0 radical (unpaired) electrons. The zero-order chi connectivity index (χ0) is 4.57. The second-order valence-corrected chi connectivity index (χ2v) is 0.999. The summed E-state index contributed by atoms with van der Waals surface area (Å²) in [5, 5.41) is 0. The van der Waals surface area contributed by atoms with Crippen LogP contribution in [0.2, 0.25) is 0 Å². The third-order valence-electron chi connectivity index (χ3n) is 0.562. The first-order valence-electron chi connectivity index (χ1n) is 1.50. The largest absolute Gasteiger partial charge is 0.451 e. The van der Waals surface area contributed by atoms with E-state index in [1.54, 1.807) is 0 Å². The predicted octanol–water partition coefficient (Wildman–Crippen LogP) is -0.888. The molecule has 0 unspecified atom stereocenters. The monoisotopic (exact) mass is 86.0 g/mol. The molecule has 0 aromatic rings. The normalized spacial score (nSPS) is 19.3. The van der Waals surface area contributed by atoms with Crippen molar-refractivity contribution in [3.8, 4) is 0 Å². The number of ether oxygens (including phenoxy) is 1. The molecule has 1 aliphatic heterocycles. The second-order valence-electron chi connectivity index (χ2n) is 0.999. The summed E-state index contributed by atoms with van der Waals surface area (Å²) in [5.74, 6) is -1.12. The summed E-state index contributed by atoms with van der Waals surface area (Å²) in [6, 6.07) is 0. The average molecular weight is 86.0 g/mol. The van der Waals surface area contributed by atoms with Crippen molar-refractivity contribution in [2.75, 3.05) is 6.61 Å². The van der Waals surface area contributed by atoms with Crippen LogP contribution < -0.4 is 0 Å². The van der Waals surface area contributed by atoms with Crippen LogP contribution in [-0.2, 0) is 14.3 Å². The second kappa shape index (κ2) is 0.801. The molecular formula is C3H2O3. The van der Waals surface area contributed by atoms with Crippen LogP contribution in [0.5, 0.6) is 0 Å². The number of cyclic esters (lactones) is 1. The van der Waals surface area contributed by atoms with Crippen molar-refractivity contribution in [3.05, 3.63) is 0 Å². The molecule has 0 bridgehead atoms. The van der Waals surface area contributed by atoms with Crippen LogP contribution in [0.3, 0.4) is 0 Å². The van der Waals surface area contributed by atoms with E-state index in [9.17, 15) is 9.59 Å². The van der Waals surface area contributed by atoms with Crippen molar-refractivity contribution in [1.82, 2.24) is 0 Å². The van der Waals surface area contributed by atoms with Crippen molar-refractivity contribution >= 4 is 11.8 Å². The summed E-state index contributed by atoms with van der Waals surface area (Å²) in [4.78, 5) is 19.4. The molecule has 0 aliphatic carbocycles. The summed E-state index contributed by atoms with van der Waals surface area (Å²) < 4.78 is 4.05. The molecule has 1 saturated heterocycles. The first-order chi connectivity index (χ1) is 2.80. The summed E-state index contributed by atoms with van der Waals surface area (Å²) >= 11 is 0. The molecule has 0 aromatic carbocycles. The maximum absolute atomic E-state index is 9.76. The lowest BCUT2D eigenvalue weighted by molar-refractivity contribution is -0.168. The fourth-order valence-corrected chi connectivity index (χ4v) is 0.190. The van der Waals surface area contributed by atoms with Gasteiger partial charge in [0.2, 0.25) is 0 Å². The fraction of sp³-hybridized carbons (Fsp3) is 0.333. The predicted molar refractivity (Wildman–Crippen MR) is 16.0 cm³/mol. The number of rotatable bonds is 0. The molecule has 0 amide bonds. The van der Waals surface area contributed by atoms with E-state index >= 15 is 0 Å². The zero-order valence-corrected chi connectivity index (χ0v) is 2.93. The third kappa shape index (κ3) is 0.217. The number of hydrogen-bond acceptors (Lipinski definition) is 3.